The van der Waals surface area contributed by atoms with Gasteiger partial charge in [-0.25, -0.2) is 0 Å². The van der Waals surface area contributed by atoms with E-state index in [9.17, 15) is 4.79 Å². The number of benzene rings is 1. The van der Waals surface area contributed by atoms with Gasteiger partial charge in [0.15, 0.2) is 0 Å². The fourth-order valence-electron chi connectivity index (χ4n) is 3.01. The van der Waals surface area contributed by atoms with Gasteiger partial charge in [-0.15, -0.1) is 11.8 Å². The molecule has 2 rings (SSSR count). The van der Waals surface area contributed by atoms with Crippen molar-refractivity contribution in [3.05, 3.63) is 23.8 Å². The molecular formula is C17H26N2O3S. The Hall–Kier alpha value is -1.24. The van der Waals surface area contributed by atoms with Crippen LogP contribution in [0.5, 0.6) is 5.75 Å². The molecule has 0 unspecified atom stereocenters. The highest BCUT2D eigenvalue weighted by Crippen LogP contribution is 2.30. The zero-order valence-corrected chi connectivity index (χ0v) is 15.2. The van der Waals surface area contributed by atoms with E-state index in [1.807, 2.05) is 31.5 Å². The molecule has 1 aliphatic heterocycles. The summed E-state index contributed by atoms with van der Waals surface area (Å²) in [6.45, 7) is 2.16. The van der Waals surface area contributed by atoms with Crippen molar-refractivity contribution in [1.82, 2.24) is 10.2 Å². The number of hydrogen-bond donors (Lipinski definition) is 1. The molecular weight excluding hydrogens is 312 g/mol. The number of hydrogen-bond acceptors (Lipinski definition) is 5. The van der Waals surface area contributed by atoms with Crippen LogP contribution in [0, 0.1) is 0 Å². The summed E-state index contributed by atoms with van der Waals surface area (Å²) in [4.78, 5) is 15.7. The summed E-state index contributed by atoms with van der Waals surface area (Å²) in [6, 6.07) is 6.07. The lowest BCUT2D eigenvalue weighted by Gasteiger charge is -2.37. The van der Waals surface area contributed by atoms with Gasteiger partial charge in [0.25, 0.3) is 5.91 Å². The second-order valence-electron chi connectivity index (χ2n) is 5.80. The number of carbonyl (C=O) groups is 1. The Kier molecular flexibility index (Phi) is 6.33. The van der Waals surface area contributed by atoms with E-state index in [-0.39, 0.29) is 5.91 Å². The maximum atomic E-state index is 12.9. The van der Waals surface area contributed by atoms with E-state index >= 15 is 0 Å². The van der Waals surface area contributed by atoms with Gasteiger partial charge in [0.05, 0.1) is 7.11 Å². The zero-order valence-electron chi connectivity index (χ0n) is 14.3. The Labute approximate surface area is 142 Å². The van der Waals surface area contributed by atoms with Crippen LogP contribution in [0.1, 0.15) is 18.4 Å². The molecule has 1 fully saturated rings. The van der Waals surface area contributed by atoms with Gasteiger partial charge in [-0.3, -0.25) is 4.79 Å². The molecule has 1 saturated heterocycles. The van der Waals surface area contributed by atoms with Crippen LogP contribution in [-0.4, -0.2) is 57.0 Å². The largest absolute Gasteiger partial charge is 0.496 e. The predicted octanol–water partition coefficient (Wildman–Crippen LogP) is 2.14. The second-order valence-corrected chi connectivity index (χ2v) is 6.65. The number of thioether (sulfide) groups is 1. The maximum absolute atomic E-state index is 12.9. The van der Waals surface area contributed by atoms with Crippen molar-refractivity contribution in [3.8, 4) is 5.75 Å². The minimum absolute atomic E-state index is 0.0504. The Bertz CT molecular complexity index is 545. The molecule has 1 N–H and O–H groups in total. The first kappa shape index (κ1) is 18.1. The van der Waals surface area contributed by atoms with Crippen molar-refractivity contribution in [2.75, 3.05) is 40.6 Å². The van der Waals surface area contributed by atoms with Gasteiger partial charge >= 0.3 is 0 Å². The molecule has 0 aromatic heterocycles. The third-order valence-corrected chi connectivity index (χ3v) is 5.18. The smallest absolute Gasteiger partial charge is 0.254 e. The monoisotopic (exact) mass is 338 g/mol. The Balaban J connectivity index is 2.11. The fraction of sp³-hybridized carbons (Fsp3) is 0.588. The molecule has 0 spiro atoms. The topological polar surface area (TPSA) is 50.8 Å². The number of rotatable bonds is 6. The van der Waals surface area contributed by atoms with E-state index in [2.05, 4.69) is 5.32 Å². The highest BCUT2D eigenvalue weighted by atomic mass is 32.2. The minimum atomic E-state index is -0.691. The summed E-state index contributed by atoms with van der Waals surface area (Å²) in [5.41, 5.74) is 0.360. The lowest BCUT2D eigenvalue weighted by atomic mass is 9.90. The van der Waals surface area contributed by atoms with Gasteiger partial charge < -0.3 is 19.7 Å². The summed E-state index contributed by atoms with van der Waals surface area (Å²) in [5, 5.41) is 3.28. The average Bonchev–Trinajstić information content (AvgIpc) is 2.61. The molecule has 23 heavy (non-hydrogen) atoms. The first-order valence-electron chi connectivity index (χ1n) is 7.78. The Morgan fingerprint density at radius 1 is 1.35 bits per heavy atom. The number of ether oxygens (including phenoxy) is 2. The number of amides is 1. The summed E-state index contributed by atoms with van der Waals surface area (Å²) in [7, 11) is 5.14. The first-order chi connectivity index (χ1) is 11.1. The lowest BCUT2D eigenvalue weighted by molar-refractivity contribution is -0.157. The van der Waals surface area contributed by atoms with Crippen molar-refractivity contribution < 1.29 is 14.3 Å². The molecule has 5 nitrogen and oxygen atoms in total. The van der Waals surface area contributed by atoms with Crippen molar-refractivity contribution in [2.45, 2.75) is 29.9 Å². The van der Waals surface area contributed by atoms with Crippen LogP contribution in [0.2, 0.25) is 0 Å². The summed E-state index contributed by atoms with van der Waals surface area (Å²) < 4.78 is 11.0. The second kappa shape index (κ2) is 8.04. The minimum Gasteiger partial charge on any atom is -0.496 e. The van der Waals surface area contributed by atoms with Crippen LogP contribution in [0.3, 0.4) is 0 Å². The fourth-order valence-corrected chi connectivity index (χ4v) is 3.56. The van der Waals surface area contributed by atoms with Crippen molar-refractivity contribution in [2.24, 2.45) is 0 Å². The SMILES string of the molecule is COc1cc(CN(C)C(=O)C2(OC)CCNCC2)ccc1SC. The van der Waals surface area contributed by atoms with E-state index < -0.39 is 5.60 Å². The van der Waals surface area contributed by atoms with E-state index in [0.717, 1.165) is 29.3 Å². The molecule has 0 aliphatic carbocycles. The summed E-state index contributed by atoms with van der Waals surface area (Å²) in [6.07, 6.45) is 3.44. The van der Waals surface area contributed by atoms with Crippen LogP contribution in [-0.2, 0) is 16.1 Å². The van der Waals surface area contributed by atoms with E-state index in [0.29, 0.717) is 19.4 Å². The number of carbonyl (C=O) groups excluding carboxylic acids is 1. The number of nitrogens with one attached hydrogen (secondary N) is 1. The molecule has 128 valence electrons. The van der Waals surface area contributed by atoms with Crippen molar-refractivity contribution in [3.63, 3.8) is 0 Å². The molecule has 0 atom stereocenters. The van der Waals surface area contributed by atoms with Crippen LogP contribution in [0.25, 0.3) is 0 Å². The molecule has 6 heteroatoms. The Morgan fingerprint density at radius 2 is 2.04 bits per heavy atom. The van der Waals surface area contributed by atoms with Crippen LogP contribution < -0.4 is 10.1 Å². The number of likely N-dealkylation sites (N-methyl/N-ethyl adjacent to an activating group) is 1. The molecule has 0 radical (unpaired) electrons. The zero-order chi connectivity index (χ0) is 16.9. The van der Waals surface area contributed by atoms with Gasteiger partial charge in [0.1, 0.15) is 11.4 Å². The number of nitrogens with zero attached hydrogens (tertiary/aromatic N) is 1. The van der Waals surface area contributed by atoms with Gasteiger partial charge in [0, 0.05) is 25.6 Å². The normalized spacial score (nSPS) is 16.9. The molecule has 1 aromatic carbocycles. The highest BCUT2D eigenvalue weighted by Gasteiger charge is 2.41. The summed E-state index contributed by atoms with van der Waals surface area (Å²) in [5.74, 6) is 0.897. The van der Waals surface area contributed by atoms with Gasteiger partial charge in [-0.05, 0) is 49.9 Å². The molecule has 1 aromatic rings. The molecule has 1 aliphatic rings. The molecule has 1 heterocycles. The first-order valence-corrected chi connectivity index (χ1v) is 9.01. The van der Waals surface area contributed by atoms with E-state index in [1.165, 1.54) is 0 Å². The third kappa shape index (κ3) is 4.00. The van der Waals surface area contributed by atoms with Gasteiger partial charge in [-0.2, -0.15) is 0 Å². The summed E-state index contributed by atoms with van der Waals surface area (Å²) >= 11 is 1.65. The predicted molar refractivity (Wildman–Crippen MR) is 93.1 cm³/mol. The van der Waals surface area contributed by atoms with E-state index in [4.69, 9.17) is 9.47 Å². The Morgan fingerprint density at radius 3 is 2.61 bits per heavy atom. The average molecular weight is 338 g/mol. The van der Waals surface area contributed by atoms with Crippen molar-refractivity contribution >= 4 is 17.7 Å². The standard InChI is InChI=1S/C17H26N2O3S/c1-19(16(20)17(22-3)7-9-18-10-8-17)12-13-5-6-15(23-4)14(11-13)21-2/h5-6,11,18H,7-10,12H2,1-4H3. The molecule has 0 saturated carbocycles. The van der Waals surface area contributed by atoms with E-state index in [1.54, 1.807) is 30.9 Å². The van der Waals surface area contributed by atoms with Crippen molar-refractivity contribution in [1.29, 1.82) is 0 Å². The van der Waals surface area contributed by atoms with Gasteiger partial charge in [-0.1, -0.05) is 6.07 Å². The molecule has 1 amide bonds. The highest BCUT2D eigenvalue weighted by molar-refractivity contribution is 7.98. The number of methoxy groups -OCH3 is 2. The third-order valence-electron chi connectivity index (χ3n) is 4.41. The maximum Gasteiger partial charge on any atom is 0.254 e. The lowest BCUT2D eigenvalue weighted by Crippen LogP contribution is -2.54. The van der Waals surface area contributed by atoms with Gasteiger partial charge in [0.2, 0.25) is 0 Å². The number of piperidine rings is 1. The van der Waals surface area contributed by atoms with Crippen LogP contribution in [0.4, 0.5) is 0 Å². The quantitative estimate of drug-likeness (QED) is 0.806. The molecule has 0 bridgehead atoms. The van der Waals surface area contributed by atoms with Crippen LogP contribution >= 0.6 is 11.8 Å². The van der Waals surface area contributed by atoms with Crippen LogP contribution in [0.15, 0.2) is 23.1 Å².